The number of non-ortho nitro benzene ring substituents is 1. The SMILES string of the molecule is C=CCCCC(C=C)NC(=O)OC.COC(=O)NC1C=CCCC1.C[CH]=[Ru][Cl].Cc1cccc(C)c1N=Cc1cc([N+](=O)[O-])ccc1O.[C-]#C.[CH3-].[HH].[HH]. The molecule has 0 spiro atoms. The summed E-state index contributed by atoms with van der Waals surface area (Å²) in [5.74, 6) is -0.0365. The van der Waals surface area contributed by atoms with E-state index in [1.807, 2.05) is 55.7 Å². The number of hydrogen-bond donors (Lipinski definition) is 3. The fourth-order valence-corrected chi connectivity index (χ4v) is 3.99. The molecule has 287 valence electrons. The van der Waals surface area contributed by atoms with Gasteiger partial charge >= 0.3 is 49.1 Å². The molecule has 0 saturated carbocycles. The summed E-state index contributed by atoms with van der Waals surface area (Å²) < 4.78 is 10.9. The van der Waals surface area contributed by atoms with E-state index < -0.39 is 11.0 Å². The molecular weight excluding hydrogens is 761 g/mol. The van der Waals surface area contributed by atoms with E-state index in [-0.39, 0.29) is 55.6 Å². The Morgan fingerprint density at radius 3 is 2.29 bits per heavy atom. The molecule has 0 heterocycles. The zero-order valence-electron chi connectivity index (χ0n) is 30.3. The van der Waals surface area contributed by atoms with Crippen LogP contribution in [0, 0.1) is 44.2 Å². The molecule has 0 bridgehead atoms. The van der Waals surface area contributed by atoms with Crippen LogP contribution < -0.4 is 10.6 Å². The number of nitrogens with zero attached hydrogens (tertiary/aromatic N) is 2. The molecule has 11 nitrogen and oxygen atoms in total. The van der Waals surface area contributed by atoms with E-state index in [2.05, 4.69) is 50.8 Å². The van der Waals surface area contributed by atoms with Crippen molar-refractivity contribution in [3.63, 3.8) is 0 Å². The number of aliphatic imine (C=N–C) groups is 1. The van der Waals surface area contributed by atoms with Crippen molar-refractivity contribution in [3.8, 4) is 12.2 Å². The van der Waals surface area contributed by atoms with Crippen molar-refractivity contribution in [1.82, 2.24) is 10.6 Å². The van der Waals surface area contributed by atoms with Crippen molar-refractivity contribution in [1.29, 1.82) is 0 Å². The van der Waals surface area contributed by atoms with Crippen LogP contribution in [0.5, 0.6) is 5.75 Å². The molecule has 3 rings (SSSR count). The number of methoxy groups -OCH3 is 2. The number of nitrogens with one attached hydrogen (secondary N) is 2. The number of rotatable bonds is 10. The number of carbonyl (C=O) groups excluding carboxylic acids is 2. The van der Waals surface area contributed by atoms with Crippen LogP contribution in [0.25, 0.3) is 0 Å². The Balaban J connectivity index is -0.000000205. The Bertz CT molecular complexity index is 1430. The van der Waals surface area contributed by atoms with E-state index in [9.17, 15) is 24.8 Å². The fourth-order valence-electron chi connectivity index (χ4n) is 3.99. The molecule has 2 aromatic carbocycles. The summed E-state index contributed by atoms with van der Waals surface area (Å²) in [5.41, 5.74) is 3.06. The van der Waals surface area contributed by atoms with Gasteiger partial charge in [-0.2, -0.15) is 0 Å². The number of aromatic hydroxyl groups is 1. The van der Waals surface area contributed by atoms with Gasteiger partial charge in [0.2, 0.25) is 0 Å². The van der Waals surface area contributed by atoms with E-state index in [1.165, 1.54) is 38.6 Å². The van der Waals surface area contributed by atoms with E-state index in [0.29, 0.717) is 5.56 Å². The molecule has 2 atom stereocenters. The summed E-state index contributed by atoms with van der Waals surface area (Å²) in [6.07, 6.45) is 23.4. The quantitative estimate of drug-likeness (QED) is 0.0316. The number of terminal acetylenes is 1. The average molecular weight is 817 g/mol. The van der Waals surface area contributed by atoms with Crippen LogP contribution in [0.15, 0.2) is 78.9 Å². The van der Waals surface area contributed by atoms with Crippen LogP contribution in [-0.4, -0.2) is 59.3 Å². The summed E-state index contributed by atoms with van der Waals surface area (Å²) in [5, 5.41) is 25.8. The van der Waals surface area contributed by atoms with E-state index in [1.54, 1.807) is 6.08 Å². The Morgan fingerprint density at radius 1 is 1.22 bits per heavy atom. The van der Waals surface area contributed by atoms with Crippen LogP contribution >= 0.6 is 9.69 Å². The van der Waals surface area contributed by atoms with E-state index in [0.717, 1.165) is 55.3 Å². The van der Waals surface area contributed by atoms with Gasteiger partial charge in [0.25, 0.3) is 5.69 Å². The number of nitro benzene ring substituents is 1. The molecule has 13 heteroatoms. The number of nitro groups is 1. The molecule has 0 radical (unpaired) electrons. The minimum atomic E-state index is -0.504. The first-order valence-electron chi connectivity index (χ1n) is 15.4. The third-order valence-corrected chi connectivity index (χ3v) is 7.80. The molecule has 0 fully saturated rings. The minimum absolute atomic E-state index is 0. The minimum Gasteiger partial charge on any atom is -0.697 e. The van der Waals surface area contributed by atoms with Crippen LogP contribution in [0.3, 0.4) is 0 Å². The Labute approximate surface area is 318 Å². The smallest absolute Gasteiger partial charge is 0.270 e. The van der Waals surface area contributed by atoms with Crippen molar-refractivity contribution >= 4 is 44.1 Å². The van der Waals surface area contributed by atoms with Crippen molar-refractivity contribution in [2.24, 2.45) is 4.99 Å². The van der Waals surface area contributed by atoms with Crippen molar-refractivity contribution < 1.29 is 47.6 Å². The summed E-state index contributed by atoms with van der Waals surface area (Å²) in [4.78, 5) is 36.1. The van der Waals surface area contributed by atoms with Crippen LogP contribution in [0.2, 0.25) is 0 Å². The standard InChI is InChI=1S/C15H14N2O3.C10H17NO2.C8H13NO2.C2H4.C2H.CH3.ClH.Ru.2H2/c1-10-4-3-5-11(2)15(10)16-9-12-8-13(17(19)20)6-7-14(12)18;1-4-6-7-8-9(5-2)11-10(12)13-3;1-11-8(10)9-7-5-3-2-4-6-7;2*1-2;;;;;/h3-9,18H,1-2H3;4-5,9H,1-2,6-8H2,3H3,(H,11,12);3,5,7H,2,4,6H2,1H3,(H,9,10);1H,2H3;1H;1H3;1H;;2*1H/q;;;;2*-1;;+1;;/p-1. The normalized spacial score (nSPS) is 13.1. The number of ether oxygens (including phenoxy) is 2. The predicted molar refractivity (Wildman–Crippen MR) is 210 cm³/mol. The number of hydrogen-bond acceptors (Lipinski definition) is 8. The van der Waals surface area contributed by atoms with Gasteiger partial charge < -0.3 is 45.5 Å². The Morgan fingerprint density at radius 2 is 1.82 bits per heavy atom. The van der Waals surface area contributed by atoms with Crippen molar-refractivity contribution in [2.75, 3.05) is 14.2 Å². The van der Waals surface area contributed by atoms with Crippen molar-refractivity contribution in [2.45, 2.75) is 71.4 Å². The fraction of sp³-hybridized carbons (Fsp3) is 0.342. The molecule has 1 aliphatic rings. The van der Waals surface area contributed by atoms with Gasteiger partial charge in [-0.15, -0.1) is 13.2 Å². The summed E-state index contributed by atoms with van der Waals surface area (Å²) in [6.45, 7) is 13.1. The van der Waals surface area contributed by atoms with Gasteiger partial charge in [-0.05, 0) is 69.6 Å². The molecule has 1 aliphatic carbocycles. The number of aryl methyl sites for hydroxylation is 2. The number of unbranched alkanes of at least 4 members (excludes halogenated alkanes) is 1. The second-order valence-electron chi connectivity index (χ2n) is 10.1. The second-order valence-corrected chi connectivity index (χ2v) is 12.4. The van der Waals surface area contributed by atoms with Crippen LogP contribution in [-0.2, 0) is 25.2 Å². The number of alkyl carbamates (subject to hydrolysis) is 2. The predicted octanol–water partition coefficient (Wildman–Crippen LogP) is 9.57. The first-order chi connectivity index (χ1) is 24.0. The van der Waals surface area contributed by atoms with Crippen LogP contribution in [0.1, 0.15) is 65.0 Å². The maximum Gasteiger partial charge on any atom is 0.270 e. The molecule has 0 saturated heterocycles. The molecule has 2 amide bonds. The summed E-state index contributed by atoms with van der Waals surface area (Å²) in [6, 6.07) is 9.83. The number of para-hydroxylation sites is 1. The van der Waals surface area contributed by atoms with Gasteiger partial charge in [-0.25, -0.2) is 9.59 Å². The zero-order chi connectivity index (χ0) is 38.3. The molecule has 3 N–H and O–H groups in total. The molecule has 0 aliphatic heterocycles. The van der Waals surface area contributed by atoms with Gasteiger partial charge in [0.05, 0.1) is 36.9 Å². The molecule has 51 heavy (non-hydrogen) atoms. The van der Waals surface area contributed by atoms with Gasteiger partial charge in [0.15, 0.2) is 0 Å². The number of benzene rings is 2. The number of halogens is 1. The first kappa shape index (κ1) is 50.8. The Hall–Kier alpha value is -4.59. The monoisotopic (exact) mass is 817 g/mol. The summed E-state index contributed by atoms with van der Waals surface area (Å²) >= 11 is 0.0867. The maximum absolute atomic E-state index is 10.8. The Kier molecular flexibility index (Phi) is 32.5. The zero-order valence-corrected chi connectivity index (χ0v) is 32.8. The second kappa shape index (κ2) is 32.6. The third kappa shape index (κ3) is 24.2. The molecule has 2 unspecified atom stereocenters. The maximum atomic E-state index is 10.8. The third-order valence-electron chi connectivity index (χ3n) is 6.51. The van der Waals surface area contributed by atoms with E-state index in [4.69, 9.17) is 16.1 Å². The number of phenols is 1. The van der Waals surface area contributed by atoms with Gasteiger partial charge in [0.1, 0.15) is 5.75 Å². The van der Waals surface area contributed by atoms with Gasteiger partial charge in [-0.1, -0.05) is 42.5 Å². The number of phenolic OH excluding ortho intramolecular Hbond substituents is 1. The largest absolute Gasteiger partial charge is 0.697 e. The number of allylic oxidation sites excluding steroid dienone is 2. The average Bonchev–Trinajstić information content (AvgIpc) is 3.13. The number of amides is 2. The topological polar surface area (TPSA) is 152 Å². The van der Waals surface area contributed by atoms with Crippen LogP contribution in [0.4, 0.5) is 21.0 Å². The molecule has 0 aromatic heterocycles. The molecular formula is C38H56ClN4O7Ru-2. The first-order valence-corrected chi connectivity index (χ1v) is 18.7. The summed E-state index contributed by atoms with van der Waals surface area (Å²) in [7, 11) is 7.94. The van der Waals surface area contributed by atoms with Gasteiger partial charge in [-0.3, -0.25) is 15.1 Å². The number of carbonyl (C=O) groups is 2. The van der Waals surface area contributed by atoms with Gasteiger partial charge in [0, 0.05) is 26.8 Å². The van der Waals surface area contributed by atoms with Crippen molar-refractivity contribution in [3.05, 3.63) is 115 Å². The van der Waals surface area contributed by atoms with E-state index >= 15 is 0 Å². The molecule has 2 aromatic rings.